The number of rotatable bonds is 2. The molecule has 1 aliphatic heterocycles. The van der Waals surface area contributed by atoms with Gasteiger partial charge in [0.2, 0.25) is 0 Å². The van der Waals surface area contributed by atoms with E-state index in [1.54, 1.807) is 0 Å². The highest BCUT2D eigenvalue weighted by Gasteiger charge is 2.38. The van der Waals surface area contributed by atoms with Gasteiger partial charge >= 0.3 is 0 Å². The molecule has 0 radical (unpaired) electrons. The highest BCUT2D eigenvalue weighted by molar-refractivity contribution is 5.67. The maximum Gasteiger partial charge on any atom is 0.142 e. The Kier molecular flexibility index (Phi) is 1.55. The number of carbonyl (C=O) groups is 1. The van der Waals surface area contributed by atoms with Crippen molar-refractivity contribution < 1.29 is 4.79 Å². The van der Waals surface area contributed by atoms with Crippen molar-refractivity contribution in [1.29, 1.82) is 0 Å². The summed E-state index contributed by atoms with van der Waals surface area (Å²) in [6, 6.07) is 0. The quantitative estimate of drug-likeness (QED) is 0.489. The van der Waals surface area contributed by atoms with Gasteiger partial charge in [0.1, 0.15) is 11.8 Å². The van der Waals surface area contributed by atoms with E-state index in [0.29, 0.717) is 0 Å². The van der Waals surface area contributed by atoms with E-state index in [4.69, 9.17) is 0 Å². The molecule has 0 aromatic rings. The zero-order valence-electron chi connectivity index (χ0n) is 5.85. The number of hydrogen-bond acceptors (Lipinski definition) is 3. The average molecular weight is 128 g/mol. The number of carbonyl (C=O) groups excluding carboxylic acids is 1. The summed E-state index contributed by atoms with van der Waals surface area (Å²) >= 11 is 0. The number of nitrogens with one attached hydrogen (secondary N) is 1. The molecule has 3 nitrogen and oxygen atoms in total. The second kappa shape index (κ2) is 2.08. The lowest BCUT2D eigenvalue weighted by Gasteiger charge is -2.42. The average Bonchev–Trinajstić information content (AvgIpc) is 1.62. The minimum absolute atomic E-state index is 0.194. The first-order chi connectivity index (χ1) is 4.21. The van der Waals surface area contributed by atoms with Crippen molar-refractivity contribution in [3.05, 3.63) is 0 Å². The third-order valence-corrected chi connectivity index (χ3v) is 1.97. The normalized spacial score (nSPS) is 23.4. The van der Waals surface area contributed by atoms with Gasteiger partial charge in [-0.15, -0.1) is 0 Å². The monoisotopic (exact) mass is 128 g/mol. The van der Waals surface area contributed by atoms with Crippen LogP contribution < -0.4 is 5.32 Å². The van der Waals surface area contributed by atoms with Crippen LogP contribution >= 0.6 is 0 Å². The summed E-state index contributed by atoms with van der Waals surface area (Å²) in [5.41, 5.74) is -0.194. The van der Waals surface area contributed by atoms with Crippen LogP contribution in [0.5, 0.6) is 0 Å². The van der Waals surface area contributed by atoms with Gasteiger partial charge < -0.3 is 10.1 Å². The summed E-state index contributed by atoms with van der Waals surface area (Å²) in [6.07, 6.45) is 1.02. The van der Waals surface area contributed by atoms with Gasteiger partial charge in [0, 0.05) is 13.1 Å². The van der Waals surface area contributed by atoms with Crippen LogP contribution in [0.2, 0.25) is 0 Å². The van der Waals surface area contributed by atoms with Crippen LogP contribution in [0.25, 0.3) is 0 Å². The molecular weight excluding hydrogens is 116 g/mol. The molecule has 0 atom stereocenters. The van der Waals surface area contributed by atoms with Crippen molar-refractivity contribution in [3.8, 4) is 0 Å². The first-order valence-corrected chi connectivity index (χ1v) is 3.06. The maximum atomic E-state index is 10.5. The molecule has 0 aliphatic carbocycles. The molecule has 52 valence electrons. The summed E-state index contributed by atoms with van der Waals surface area (Å²) in [6.45, 7) is 1.59. The summed E-state index contributed by atoms with van der Waals surface area (Å²) in [7, 11) is 3.85. The zero-order chi connectivity index (χ0) is 6.91. The fraction of sp³-hybridized carbons (Fsp3) is 0.833. The summed E-state index contributed by atoms with van der Waals surface area (Å²) in [5.74, 6) is 0. The lowest BCUT2D eigenvalue weighted by atomic mass is 9.93. The van der Waals surface area contributed by atoms with Gasteiger partial charge in [-0.25, -0.2) is 0 Å². The summed E-state index contributed by atoms with van der Waals surface area (Å²) in [4.78, 5) is 12.4. The number of nitrogens with zero attached hydrogens (tertiary/aromatic N) is 1. The van der Waals surface area contributed by atoms with Gasteiger partial charge in [-0.05, 0) is 14.1 Å². The van der Waals surface area contributed by atoms with Crippen molar-refractivity contribution >= 4 is 6.29 Å². The number of aldehydes is 1. The van der Waals surface area contributed by atoms with Crippen LogP contribution in [0.15, 0.2) is 0 Å². The molecule has 0 unspecified atom stereocenters. The molecule has 1 heterocycles. The van der Waals surface area contributed by atoms with Crippen molar-refractivity contribution in [2.45, 2.75) is 5.54 Å². The van der Waals surface area contributed by atoms with Gasteiger partial charge in [-0.3, -0.25) is 4.90 Å². The van der Waals surface area contributed by atoms with Gasteiger partial charge in [0.05, 0.1) is 0 Å². The summed E-state index contributed by atoms with van der Waals surface area (Å²) in [5, 5.41) is 3.06. The van der Waals surface area contributed by atoms with E-state index in [2.05, 4.69) is 5.32 Å². The van der Waals surface area contributed by atoms with Crippen molar-refractivity contribution in [1.82, 2.24) is 10.2 Å². The Balaban J connectivity index is 2.56. The minimum Gasteiger partial charge on any atom is -0.312 e. The molecule has 0 aromatic carbocycles. The molecule has 0 spiro atoms. The molecule has 1 aliphatic rings. The van der Waals surface area contributed by atoms with Crippen LogP contribution in [-0.2, 0) is 4.79 Å². The SMILES string of the molecule is CN(C)C1(C=O)CNC1. The van der Waals surface area contributed by atoms with E-state index in [9.17, 15) is 4.79 Å². The van der Waals surface area contributed by atoms with Crippen molar-refractivity contribution in [2.24, 2.45) is 0 Å². The topological polar surface area (TPSA) is 32.3 Å². The Labute approximate surface area is 55.0 Å². The standard InChI is InChI=1S/C6H12N2O/c1-8(2)6(5-9)3-7-4-6/h5,7H,3-4H2,1-2H3. The number of likely N-dealkylation sites (N-methyl/N-ethyl adjacent to an activating group) is 1. The predicted octanol–water partition coefficient (Wildman–Crippen LogP) is -0.911. The van der Waals surface area contributed by atoms with E-state index >= 15 is 0 Å². The number of hydrogen-bond donors (Lipinski definition) is 1. The Morgan fingerprint density at radius 3 is 2.11 bits per heavy atom. The first-order valence-electron chi connectivity index (χ1n) is 3.06. The highest BCUT2D eigenvalue weighted by atomic mass is 16.1. The van der Waals surface area contributed by atoms with Crippen LogP contribution in [0.3, 0.4) is 0 Å². The van der Waals surface area contributed by atoms with Crippen LogP contribution in [0, 0.1) is 0 Å². The Hall–Kier alpha value is -0.410. The van der Waals surface area contributed by atoms with Crippen molar-refractivity contribution in [2.75, 3.05) is 27.2 Å². The van der Waals surface area contributed by atoms with Gasteiger partial charge in [0.15, 0.2) is 0 Å². The van der Waals surface area contributed by atoms with Crippen LogP contribution in [-0.4, -0.2) is 43.9 Å². The smallest absolute Gasteiger partial charge is 0.142 e. The Morgan fingerprint density at radius 1 is 1.56 bits per heavy atom. The van der Waals surface area contributed by atoms with Crippen molar-refractivity contribution in [3.63, 3.8) is 0 Å². The third kappa shape index (κ3) is 0.862. The van der Waals surface area contributed by atoms with Gasteiger partial charge in [0.25, 0.3) is 0 Å². The molecule has 0 saturated carbocycles. The first kappa shape index (κ1) is 6.71. The second-order valence-corrected chi connectivity index (χ2v) is 2.72. The fourth-order valence-corrected chi connectivity index (χ4v) is 0.886. The second-order valence-electron chi connectivity index (χ2n) is 2.72. The van der Waals surface area contributed by atoms with E-state index < -0.39 is 0 Å². The molecule has 9 heavy (non-hydrogen) atoms. The maximum absolute atomic E-state index is 10.5. The molecule has 1 saturated heterocycles. The lowest BCUT2D eigenvalue weighted by molar-refractivity contribution is -0.119. The van der Waals surface area contributed by atoms with E-state index in [1.807, 2.05) is 19.0 Å². The highest BCUT2D eigenvalue weighted by Crippen LogP contribution is 2.13. The predicted molar refractivity (Wildman–Crippen MR) is 35.4 cm³/mol. The fourth-order valence-electron chi connectivity index (χ4n) is 0.886. The molecule has 0 bridgehead atoms. The molecule has 0 amide bonds. The zero-order valence-corrected chi connectivity index (χ0v) is 5.85. The van der Waals surface area contributed by atoms with Gasteiger partial charge in [-0.1, -0.05) is 0 Å². The molecule has 0 aromatic heterocycles. The van der Waals surface area contributed by atoms with E-state index in [-0.39, 0.29) is 5.54 Å². The Bertz CT molecular complexity index is 118. The third-order valence-electron chi connectivity index (χ3n) is 1.97. The molecule has 1 rings (SSSR count). The lowest BCUT2D eigenvalue weighted by Crippen LogP contribution is -2.68. The van der Waals surface area contributed by atoms with Crippen LogP contribution in [0.4, 0.5) is 0 Å². The largest absolute Gasteiger partial charge is 0.312 e. The van der Waals surface area contributed by atoms with E-state index in [0.717, 1.165) is 19.4 Å². The molecule has 1 N–H and O–H groups in total. The van der Waals surface area contributed by atoms with E-state index in [1.165, 1.54) is 0 Å². The summed E-state index contributed by atoms with van der Waals surface area (Å²) < 4.78 is 0. The Morgan fingerprint density at radius 2 is 2.11 bits per heavy atom. The van der Waals surface area contributed by atoms with Gasteiger partial charge in [-0.2, -0.15) is 0 Å². The molecule has 3 heteroatoms. The van der Waals surface area contributed by atoms with Crippen LogP contribution in [0.1, 0.15) is 0 Å². The molecule has 1 fully saturated rings. The molecular formula is C6H12N2O. The minimum atomic E-state index is -0.194.